The molecule has 2 rings (SSSR count). The SMILES string of the molecule is CC1OCCC1(O)CNC(=O)c1cccc([N+](=O)[O-])c1Cl. The standard InChI is InChI=1S/C13H15ClN2O5/c1-8-13(18,5-6-21-8)7-15-12(17)9-3-2-4-10(11(9)14)16(19)20/h2-4,8,18H,5-7H2,1H3,(H,15,17). The summed E-state index contributed by atoms with van der Waals surface area (Å²) in [6.45, 7) is 2.14. The second-order valence-electron chi connectivity index (χ2n) is 4.95. The highest BCUT2D eigenvalue weighted by Crippen LogP contribution is 2.28. The minimum atomic E-state index is -1.14. The fraction of sp³-hybridized carbons (Fsp3) is 0.462. The number of carbonyl (C=O) groups excluding carboxylic acids is 1. The zero-order valence-electron chi connectivity index (χ0n) is 11.3. The molecule has 1 aromatic carbocycles. The van der Waals surface area contributed by atoms with Crippen molar-refractivity contribution in [2.45, 2.75) is 25.0 Å². The molecule has 2 atom stereocenters. The van der Waals surface area contributed by atoms with Crippen LogP contribution in [0.25, 0.3) is 0 Å². The van der Waals surface area contributed by atoms with E-state index in [4.69, 9.17) is 16.3 Å². The number of hydrogen-bond acceptors (Lipinski definition) is 5. The maximum Gasteiger partial charge on any atom is 0.288 e. The summed E-state index contributed by atoms with van der Waals surface area (Å²) < 4.78 is 5.26. The second kappa shape index (κ2) is 5.97. The Balaban J connectivity index is 2.11. The van der Waals surface area contributed by atoms with E-state index in [1.54, 1.807) is 6.92 Å². The smallest absolute Gasteiger partial charge is 0.288 e. The van der Waals surface area contributed by atoms with Gasteiger partial charge in [0.15, 0.2) is 0 Å². The van der Waals surface area contributed by atoms with Crippen LogP contribution in [0.2, 0.25) is 5.02 Å². The summed E-state index contributed by atoms with van der Waals surface area (Å²) >= 11 is 5.87. The second-order valence-corrected chi connectivity index (χ2v) is 5.32. The van der Waals surface area contributed by atoms with E-state index in [2.05, 4.69) is 5.32 Å². The molecule has 1 aromatic rings. The molecule has 1 saturated heterocycles. The zero-order chi connectivity index (χ0) is 15.6. The first kappa shape index (κ1) is 15.7. The molecule has 2 N–H and O–H groups in total. The zero-order valence-corrected chi connectivity index (χ0v) is 12.1. The number of nitrogens with one attached hydrogen (secondary N) is 1. The average Bonchev–Trinajstić information content (AvgIpc) is 2.76. The Kier molecular flexibility index (Phi) is 4.46. The van der Waals surface area contributed by atoms with Gasteiger partial charge in [-0.3, -0.25) is 14.9 Å². The number of nitro groups is 1. The predicted octanol–water partition coefficient (Wildman–Crippen LogP) is 1.52. The highest BCUT2D eigenvalue weighted by Gasteiger charge is 2.39. The fourth-order valence-corrected chi connectivity index (χ4v) is 2.45. The number of nitro benzene ring substituents is 1. The lowest BCUT2D eigenvalue weighted by molar-refractivity contribution is -0.384. The Morgan fingerprint density at radius 3 is 2.95 bits per heavy atom. The van der Waals surface area contributed by atoms with E-state index in [1.807, 2.05) is 0 Å². The molecule has 114 valence electrons. The summed E-state index contributed by atoms with van der Waals surface area (Å²) in [6, 6.07) is 4.00. The minimum Gasteiger partial charge on any atom is -0.385 e. The largest absolute Gasteiger partial charge is 0.385 e. The van der Waals surface area contributed by atoms with Crippen LogP contribution in [-0.4, -0.2) is 40.8 Å². The van der Waals surface area contributed by atoms with Crippen LogP contribution < -0.4 is 5.32 Å². The maximum absolute atomic E-state index is 12.1. The topological polar surface area (TPSA) is 102 Å². The molecule has 0 radical (unpaired) electrons. The van der Waals surface area contributed by atoms with Gasteiger partial charge >= 0.3 is 0 Å². The van der Waals surface area contributed by atoms with E-state index in [0.29, 0.717) is 13.0 Å². The number of halogens is 1. The minimum absolute atomic E-state index is 0.000958. The van der Waals surface area contributed by atoms with Crippen molar-refractivity contribution < 1.29 is 19.6 Å². The number of aliphatic hydroxyl groups is 1. The van der Waals surface area contributed by atoms with Crippen molar-refractivity contribution >= 4 is 23.2 Å². The molecule has 7 nitrogen and oxygen atoms in total. The number of ether oxygens (including phenoxy) is 1. The van der Waals surface area contributed by atoms with Gasteiger partial charge in [0.1, 0.15) is 10.6 Å². The van der Waals surface area contributed by atoms with E-state index in [1.165, 1.54) is 18.2 Å². The van der Waals surface area contributed by atoms with Crippen LogP contribution in [0.15, 0.2) is 18.2 Å². The van der Waals surface area contributed by atoms with Crippen molar-refractivity contribution in [3.63, 3.8) is 0 Å². The van der Waals surface area contributed by atoms with Crippen molar-refractivity contribution in [3.05, 3.63) is 38.9 Å². The van der Waals surface area contributed by atoms with Gasteiger partial charge in [-0.25, -0.2) is 0 Å². The van der Waals surface area contributed by atoms with E-state index >= 15 is 0 Å². The Morgan fingerprint density at radius 2 is 2.38 bits per heavy atom. The highest BCUT2D eigenvalue weighted by molar-refractivity contribution is 6.35. The van der Waals surface area contributed by atoms with Crippen molar-refractivity contribution in [2.75, 3.05) is 13.2 Å². The summed E-state index contributed by atoms with van der Waals surface area (Å²) in [5.41, 5.74) is -1.47. The summed E-state index contributed by atoms with van der Waals surface area (Å²) in [4.78, 5) is 22.2. The number of rotatable bonds is 4. The molecule has 1 heterocycles. The predicted molar refractivity (Wildman–Crippen MR) is 75.4 cm³/mol. The van der Waals surface area contributed by atoms with Crippen molar-refractivity contribution in [1.82, 2.24) is 5.32 Å². The average molecular weight is 315 g/mol. The lowest BCUT2D eigenvalue weighted by Crippen LogP contribution is -2.47. The Morgan fingerprint density at radius 1 is 1.67 bits per heavy atom. The highest BCUT2D eigenvalue weighted by atomic mass is 35.5. The molecule has 21 heavy (non-hydrogen) atoms. The van der Waals surface area contributed by atoms with Gasteiger partial charge in [0.05, 0.1) is 16.6 Å². The van der Waals surface area contributed by atoms with Gasteiger partial charge in [0.25, 0.3) is 11.6 Å². The van der Waals surface area contributed by atoms with Crippen LogP contribution in [0.3, 0.4) is 0 Å². The lowest BCUT2D eigenvalue weighted by Gasteiger charge is -2.26. The Hall–Kier alpha value is -1.70. The molecule has 1 aliphatic rings. The molecule has 2 unspecified atom stereocenters. The molecule has 0 aliphatic carbocycles. The normalized spacial score (nSPS) is 24.8. The molecule has 1 amide bonds. The first-order valence-corrected chi connectivity index (χ1v) is 6.78. The molecule has 1 fully saturated rings. The third kappa shape index (κ3) is 3.15. The summed E-state index contributed by atoms with van der Waals surface area (Å²) in [5.74, 6) is -0.573. The van der Waals surface area contributed by atoms with Gasteiger partial charge in [0, 0.05) is 25.6 Å². The molecule has 0 bridgehead atoms. The van der Waals surface area contributed by atoms with Crippen molar-refractivity contribution in [1.29, 1.82) is 0 Å². The number of carbonyl (C=O) groups is 1. The summed E-state index contributed by atoms with van der Waals surface area (Å²) in [6.07, 6.45) is 0.0234. The quantitative estimate of drug-likeness (QED) is 0.648. The van der Waals surface area contributed by atoms with Crippen molar-refractivity contribution in [2.24, 2.45) is 0 Å². The molecule has 0 spiro atoms. The van der Waals surface area contributed by atoms with Gasteiger partial charge in [-0.2, -0.15) is 0 Å². The van der Waals surface area contributed by atoms with Crippen LogP contribution in [0, 0.1) is 10.1 Å². The summed E-state index contributed by atoms with van der Waals surface area (Å²) in [7, 11) is 0. The molecule has 1 aliphatic heterocycles. The maximum atomic E-state index is 12.1. The van der Waals surface area contributed by atoms with E-state index in [9.17, 15) is 20.0 Å². The van der Waals surface area contributed by atoms with Crippen LogP contribution >= 0.6 is 11.6 Å². The number of amides is 1. The first-order valence-electron chi connectivity index (χ1n) is 6.40. The van der Waals surface area contributed by atoms with Gasteiger partial charge in [0.2, 0.25) is 0 Å². The van der Waals surface area contributed by atoms with Gasteiger partial charge in [-0.05, 0) is 13.0 Å². The number of hydrogen-bond donors (Lipinski definition) is 2. The fourth-order valence-electron chi connectivity index (χ4n) is 2.17. The third-order valence-electron chi connectivity index (χ3n) is 3.63. The molecule has 8 heteroatoms. The van der Waals surface area contributed by atoms with E-state index < -0.39 is 22.5 Å². The lowest BCUT2D eigenvalue weighted by atomic mass is 9.96. The van der Waals surface area contributed by atoms with E-state index in [0.717, 1.165) is 0 Å². The Bertz CT molecular complexity index is 580. The van der Waals surface area contributed by atoms with Gasteiger partial charge in [-0.1, -0.05) is 17.7 Å². The van der Waals surface area contributed by atoms with Gasteiger partial charge in [-0.15, -0.1) is 0 Å². The number of benzene rings is 1. The van der Waals surface area contributed by atoms with Crippen LogP contribution in [0.5, 0.6) is 0 Å². The molecular formula is C13H15ClN2O5. The van der Waals surface area contributed by atoms with Crippen molar-refractivity contribution in [3.8, 4) is 0 Å². The van der Waals surface area contributed by atoms with E-state index in [-0.39, 0.29) is 22.8 Å². The first-order chi connectivity index (χ1) is 9.85. The molecule has 0 saturated carbocycles. The third-order valence-corrected chi connectivity index (χ3v) is 4.03. The van der Waals surface area contributed by atoms with Crippen LogP contribution in [0.4, 0.5) is 5.69 Å². The van der Waals surface area contributed by atoms with Crippen LogP contribution in [-0.2, 0) is 4.74 Å². The van der Waals surface area contributed by atoms with Crippen LogP contribution in [0.1, 0.15) is 23.7 Å². The van der Waals surface area contributed by atoms with Gasteiger partial charge < -0.3 is 15.2 Å². The number of nitrogens with zero attached hydrogens (tertiary/aromatic N) is 1. The Labute approximate surface area is 126 Å². The molecule has 0 aromatic heterocycles. The monoisotopic (exact) mass is 314 g/mol. The summed E-state index contributed by atoms with van der Waals surface area (Å²) in [5, 5.41) is 23.4. The molecular weight excluding hydrogens is 300 g/mol.